The highest BCUT2D eigenvalue weighted by molar-refractivity contribution is 7.89. The summed E-state index contributed by atoms with van der Waals surface area (Å²) in [7, 11) is -4.07. The predicted octanol–water partition coefficient (Wildman–Crippen LogP) is 1.50. The molecule has 1 aliphatic carbocycles. The molecule has 1 aromatic carbocycles. The second-order valence-electron chi connectivity index (χ2n) is 4.68. The number of rotatable bonds is 4. The van der Waals surface area contributed by atoms with Gasteiger partial charge in [-0.2, -0.15) is 0 Å². The summed E-state index contributed by atoms with van der Waals surface area (Å²) in [6, 6.07) is 1.49. The van der Waals surface area contributed by atoms with Crippen molar-refractivity contribution in [2.45, 2.75) is 30.2 Å². The van der Waals surface area contributed by atoms with Crippen LogP contribution in [0.25, 0.3) is 0 Å². The first-order valence-corrected chi connectivity index (χ1v) is 7.50. The van der Waals surface area contributed by atoms with E-state index >= 15 is 0 Å². The number of hydrogen-bond acceptors (Lipinski definition) is 3. The molecular formula is C12H13F2NO4S. The van der Waals surface area contributed by atoms with E-state index in [1.54, 1.807) is 0 Å². The van der Waals surface area contributed by atoms with Gasteiger partial charge in [0.25, 0.3) is 0 Å². The highest BCUT2D eigenvalue weighted by Crippen LogP contribution is 2.27. The molecule has 20 heavy (non-hydrogen) atoms. The molecule has 8 heteroatoms. The molecule has 1 aromatic rings. The van der Waals surface area contributed by atoms with E-state index in [2.05, 4.69) is 4.72 Å². The topological polar surface area (TPSA) is 83.5 Å². The molecule has 0 spiro atoms. The van der Waals surface area contributed by atoms with Crippen LogP contribution in [0, 0.1) is 17.6 Å². The van der Waals surface area contributed by atoms with E-state index in [1.807, 2.05) is 0 Å². The van der Waals surface area contributed by atoms with Gasteiger partial charge in [0.2, 0.25) is 10.0 Å². The van der Waals surface area contributed by atoms with Crippen molar-refractivity contribution in [3.8, 4) is 0 Å². The lowest BCUT2D eigenvalue weighted by molar-refractivity contribution is -0.141. The van der Waals surface area contributed by atoms with Gasteiger partial charge in [-0.1, -0.05) is 6.42 Å². The van der Waals surface area contributed by atoms with Gasteiger partial charge in [0, 0.05) is 6.04 Å². The molecule has 2 atom stereocenters. The van der Waals surface area contributed by atoms with Crippen molar-refractivity contribution in [1.29, 1.82) is 0 Å². The molecule has 2 N–H and O–H groups in total. The fraction of sp³-hybridized carbons (Fsp3) is 0.417. The molecule has 2 unspecified atom stereocenters. The zero-order valence-electron chi connectivity index (χ0n) is 10.3. The van der Waals surface area contributed by atoms with E-state index < -0.39 is 44.5 Å². The Morgan fingerprint density at radius 2 is 1.95 bits per heavy atom. The first kappa shape index (κ1) is 14.9. The molecule has 0 radical (unpaired) electrons. The fourth-order valence-corrected chi connectivity index (χ4v) is 3.63. The van der Waals surface area contributed by atoms with Crippen molar-refractivity contribution in [3.05, 3.63) is 29.8 Å². The molecule has 0 amide bonds. The average Bonchev–Trinajstić information content (AvgIpc) is 2.80. The van der Waals surface area contributed by atoms with Gasteiger partial charge in [-0.25, -0.2) is 21.9 Å². The molecule has 0 heterocycles. The number of nitrogens with one attached hydrogen (secondary N) is 1. The lowest BCUT2D eigenvalue weighted by Crippen LogP contribution is -2.40. The zero-order chi connectivity index (χ0) is 14.9. The number of hydrogen-bond donors (Lipinski definition) is 2. The van der Waals surface area contributed by atoms with Crippen LogP contribution in [-0.4, -0.2) is 25.5 Å². The summed E-state index contributed by atoms with van der Waals surface area (Å²) in [5, 5.41) is 8.99. The van der Waals surface area contributed by atoms with Gasteiger partial charge in [-0.15, -0.1) is 0 Å². The van der Waals surface area contributed by atoms with Gasteiger partial charge in [-0.3, -0.25) is 4.79 Å². The molecule has 0 aliphatic heterocycles. The molecule has 2 rings (SSSR count). The van der Waals surface area contributed by atoms with Crippen molar-refractivity contribution >= 4 is 16.0 Å². The van der Waals surface area contributed by atoms with Gasteiger partial charge in [0.05, 0.1) is 10.8 Å². The van der Waals surface area contributed by atoms with Crippen LogP contribution in [0.5, 0.6) is 0 Å². The Balaban J connectivity index is 2.22. The van der Waals surface area contributed by atoms with E-state index in [4.69, 9.17) is 5.11 Å². The second-order valence-corrected chi connectivity index (χ2v) is 6.39. The third kappa shape index (κ3) is 2.96. The summed E-state index contributed by atoms with van der Waals surface area (Å²) >= 11 is 0. The van der Waals surface area contributed by atoms with Gasteiger partial charge in [0.15, 0.2) is 11.6 Å². The van der Waals surface area contributed by atoms with E-state index in [0.29, 0.717) is 31.4 Å². The largest absolute Gasteiger partial charge is 0.481 e. The van der Waals surface area contributed by atoms with Crippen LogP contribution in [0.2, 0.25) is 0 Å². The van der Waals surface area contributed by atoms with Crippen molar-refractivity contribution in [1.82, 2.24) is 4.72 Å². The van der Waals surface area contributed by atoms with Gasteiger partial charge in [-0.05, 0) is 31.0 Å². The first-order valence-electron chi connectivity index (χ1n) is 6.01. The highest BCUT2D eigenvalue weighted by atomic mass is 32.2. The molecular weight excluding hydrogens is 292 g/mol. The van der Waals surface area contributed by atoms with Crippen LogP contribution in [0.4, 0.5) is 8.78 Å². The lowest BCUT2D eigenvalue weighted by atomic mass is 10.1. The van der Waals surface area contributed by atoms with Crippen molar-refractivity contribution < 1.29 is 27.1 Å². The van der Waals surface area contributed by atoms with E-state index in [0.717, 1.165) is 6.07 Å². The average molecular weight is 305 g/mol. The van der Waals surface area contributed by atoms with Crippen LogP contribution in [-0.2, 0) is 14.8 Å². The smallest absolute Gasteiger partial charge is 0.308 e. The first-order chi connectivity index (χ1) is 9.31. The predicted molar refractivity (Wildman–Crippen MR) is 65.4 cm³/mol. The summed E-state index contributed by atoms with van der Waals surface area (Å²) in [4.78, 5) is 10.6. The summed E-state index contributed by atoms with van der Waals surface area (Å²) < 4.78 is 52.2. The monoisotopic (exact) mass is 305 g/mol. The maximum absolute atomic E-state index is 13.1. The fourth-order valence-electron chi connectivity index (χ4n) is 2.31. The number of benzene rings is 1. The van der Waals surface area contributed by atoms with E-state index in [-0.39, 0.29) is 0 Å². The minimum Gasteiger partial charge on any atom is -0.481 e. The molecule has 1 aliphatic rings. The maximum atomic E-state index is 13.1. The summed E-state index contributed by atoms with van der Waals surface area (Å²) in [6.45, 7) is 0. The Labute approximate surface area is 114 Å². The van der Waals surface area contributed by atoms with Gasteiger partial charge in [0.1, 0.15) is 0 Å². The molecule has 0 bridgehead atoms. The number of carboxylic acid groups (broad SMARTS) is 1. The summed E-state index contributed by atoms with van der Waals surface area (Å²) in [6.07, 6.45) is 1.39. The number of carboxylic acids is 1. The number of carbonyl (C=O) groups is 1. The Morgan fingerprint density at radius 1 is 1.25 bits per heavy atom. The quantitative estimate of drug-likeness (QED) is 0.883. The van der Waals surface area contributed by atoms with Crippen molar-refractivity contribution in [2.24, 2.45) is 5.92 Å². The normalized spacial score (nSPS) is 22.9. The molecule has 1 saturated carbocycles. The van der Waals surface area contributed by atoms with Crippen molar-refractivity contribution in [3.63, 3.8) is 0 Å². The van der Waals surface area contributed by atoms with Crippen LogP contribution >= 0.6 is 0 Å². The third-order valence-electron chi connectivity index (χ3n) is 3.34. The minimum absolute atomic E-state index is 0.389. The second kappa shape index (κ2) is 5.45. The van der Waals surface area contributed by atoms with Crippen LogP contribution in [0.15, 0.2) is 23.1 Å². The molecule has 110 valence electrons. The Hall–Kier alpha value is -1.54. The Morgan fingerprint density at radius 3 is 2.55 bits per heavy atom. The maximum Gasteiger partial charge on any atom is 0.308 e. The van der Waals surface area contributed by atoms with Crippen LogP contribution < -0.4 is 4.72 Å². The number of sulfonamides is 1. The summed E-state index contributed by atoms with van der Waals surface area (Å²) in [5.74, 6) is -4.28. The lowest BCUT2D eigenvalue weighted by Gasteiger charge is -2.17. The van der Waals surface area contributed by atoms with Gasteiger partial charge < -0.3 is 5.11 Å². The van der Waals surface area contributed by atoms with Crippen LogP contribution in [0.3, 0.4) is 0 Å². The molecule has 1 fully saturated rings. The standard InChI is InChI=1S/C12H13F2NO4S/c13-9-5-4-7(6-10(9)14)20(18,19)15-11-3-1-2-8(11)12(16)17/h4-6,8,11,15H,1-3H2,(H,16,17). The summed E-state index contributed by atoms with van der Waals surface area (Å²) in [5.41, 5.74) is 0. The number of aliphatic carboxylic acids is 1. The SMILES string of the molecule is O=C(O)C1CCCC1NS(=O)(=O)c1ccc(F)c(F)c1. The number of halogens is 2. The molecule has 5 nitrogen and oxygen atoms in total. The van der Waals surface area contributed by atoms with Crippen molar-refractivity contribution in [2.75, 3.05) is 0 Å². The highest BCUT2D eigenvalue weighted by Gasteiger charge is 2.35. The van der Waals surface area contributed by atoms with E-state index in [9.17, 15) is 22.0 Å². The third-order valence-corrected chi connectivity index (χ3v) is 4.83. The van der Waals surface area contributed by atoms with E-state index in [1.165, 1.54) is 0 Å². The van der Waals surface area contributed by atoms with Crippen LogP contribution in [0.1, 0.15) is 19.3 Å². The zero-order valence-corrected chi connectivity index (χ0v) is 11.2. The minimum atomic E-state index is -4.07. The molecule has 0 saturated heterocycles. The Bertz CT molecular complexity index is 632. The molecule has 0 aromatic heterocycles. The Kier molecular flexibility index (Phi) is 4.05. The van der Waals surface area contributed by atoms with Gasteiger partial charge >= 0.3 is 5.97 Å².